The summed E-state index contributed by atoms with van der Waals surface area (Å²) in [4.78, 5) is 24.1. The number of nitrogens with zero attached hydrogens (tertiary/aromatic N) is 2. The van der Waals surface area contributed by atoms with Gasteiger partial charge in [0.05, 0.1) is 25.0 Å². The van der Waals surface area contributed by atoms with Gasteiger partial charge in [-0.3, -0.25) is 9.48 Å². The van der Waals surface area contributed by atoms with E-state index in [9.17, 15) is 9.59 Å². The summed E-state index contributed by atoms with van der Waals surface area (Å²) in [7, 11) is 3.05. The maximum Gasteiger partial charge on any atom is 0.319 e. The number of benzene rings is 1. The van der Waals surface area contributed by atoms with Crippen molar-refractivity contribution >= 4 is 17.6 Å². The molecule has 2 aromatic rings. The second-order valence-electron chi connectivity index (χ2n) is 6.10. The first-order valence-corrected chi connectivity index (χ1v) is 8.32. The fraction of sp³-hybridized carbons (Fsp3) is 0.389. The predicted molar refractivity (Wildman–Crippen MR) is 99.7 cm³/mol. The van der Waals surface area contributed by atoms with Crippen molar-refractivity contribution in [3.05, 3.63) is 41.2 Å². The van der Waals surface area contributed by atoms with Crippen molar-refractivity contribution in [1.29, 1.82) is 0 Å². The number of anilines is 1. The number of rotatable bonds is 6. The third-order valence-corrected chi connectivity index (χ3v) is 3.86. The minimum Gasteiger partial charge on any atom is -0.495 e. The topological polar surface area (TPSA) is 97.3 Å². The lowest BCUT2D eigenvalue weighted by Crippen LogP contribution is -2.39. The molecular weight excluding hydrogens is 334 g/mol. The van der Waals surface area contributed by atoms with Gasteiger partial charge < -0.3 is 20.7 Å². The van der Waals surface area contributed by atoms with Crippen molar-refractivity contribution in [2.24, 2.45) is 0 Å². The van der Waals surface area contributed by atoms with Crippen molar-refractivity contribution in [2.45, 2.75) is 33.4 Å². The molecule has 1 atom stereocenters. The molecule has 0 aliphatic heterocycles. The van der Waals surface area contributed by atoms with Gasteiger partial charge in [0, 0.05) is 24.3 Å². The molecule has 3 N–H and O–H groups in total. The molecule has 0 fully saturated rings. The Balaban J connectivity index is 2.04. The molecule has 0 aliphatic carbocycles. The first-order chi connectivity index (χ1) is 12.3. The minimum absolute atomic E-state index is 0.138. The van der Waals surface area contributed by atoms with Crippen LogP contribution in [-0.4, -0.2) is 41.9 Å². The SMILES string of the molecule is CNC(=O)c1ccc(OC)c(NC(=O)N[C@H](C)Cn2nc(C)cc2C)c1. The molecule has 3 amide bonds. The highest BCUT2D eigenvalue weighted by molar-refractivity contribution is 5.97. The van der Waals surface area contributed by atoms with Crippen LogP contribution >= 0.6 is 0 Å². The molecule has 8 nitrogen and oxygen atoms in total. The van der Waals surface area contributed by atoms with Crippen LogP contribution in [0.1, 0.15) is 28.7 Å². The second-order valence-corrected chi connectivity index (χ2v) is 6.10. The van der Waals surface area contributed by atoms with Gasteiger partial charge in [-0.2, -0.15) is 5.10 Å². The van der Waals surface area contributed by atoms with Crippen molar-refractivity contribution in [3.63, 3.8) is 0 Å². The molecule has 26 heavy (non-hydrogen) atoms. The van der Waals surface area contributed by atoms with E-state index in [0.29, 0.717) is 23.5 Å². The molecule has 0 unspecified atom stereocenters. The van der Waals surface area contributed by atoms with Crippen molar-refractivity contribution in [2.75, 3.05) is 19.5 Å². The first-order valence-electron chi connectivity index (χ1n) is 8.32. The summed E-state index contributed by atoms with van der Waals surface area (Å²) in [6.07, 6.45) is 0. The van der Waals surface area contributed by atoms with Gasteiger partial charge in [-0.25, -0.2) is 4.79 Å². The third-order valence-electron chi connectivity index (χ3n) is 3.86. The highest BCUT2D eigenvalue weighted by Crippen LogP contribution is 2.25. The second kappa shape index (κ2) is 8.37. The van der Waals surface area contributed by atoms with Crippen LogP contribution in [0.25, 0.3) is 0 Å². The van der Waals surface area contributed by atoms with Gasteiger partial charge in [-0.15, -0.1) is 0 Å². The smallest absolute Gasteiger partial charge is 0.319 e. The molecular formula is C18H25N5O3. The Bertz CT molecular complexity index is 800. The van der Waals surface area contributed by atoms with Gasteiger partial charge in [0.25, 0.3) is 5.91 Å². The quantitative estimate of drug-likeness (QED) is 0.735. The molecule has 1 aromatic heterocycles. The highest BCUT2D eigenvalue weighted by atomic mass is 16.5. The number of ether oxygens (including phenoxy) is 1. The Hall–Kier alpha value is -3.03. The average molecular weight is 359 g/mol. The summed E-state index contributed by atoms with van der Waals surface area (Å²) < 4.78 is 7.10. The van der Waals surface area contributed by atoms with E-state index in [-0.39, 0.29) is 18.0 Å². The van der Waals surface area contributed by atoms with Gasteiger partial charge >= 0.3 is 6.03 Å². The maximum atomic E-state index is 12.3. The molecule has 8 heteroatoms. The van der Waals surface area contributed by atoms with Crippen molar-refractivity contribution in [1.82, 2.24) is 20.4 Å². The van der Waals surface area contributed by atoms with Gasteiger partial charge in [0.2, 0.25) is 0 Å². The van der Waals surface area contributed by atoms with Gasteiger partial charge in [-0.1, -0.05) is 0 Å². The number of carbonyl (C=O) groups is 2. The van der Waals surface area contributed by atoms with Crippen LogP contribution in [0, 0.1) is 13.8 Å². The number of nitrogens with one attached hydrogen (secondary N) is 3. The normalized spacial score (nSPS) is 11.6. The zero-order valence-corrected chi connectivity index (χ0v) is 15.7. The number of aromatic nitrogens is 2. The van der Waals surface area contributed by atoms with E-state index in [1.165, 1.54) is 7.11 Å². The summed E-state index contributed by atoms with van der Waals surface area (Å²) in [5.74, 6) is 0.230. The van der Waals surface area contributed by atoms with E-state index < -0.39 is 0 Å². The Morgan fingerprint density at radius 3 is 2.58 bits per heavy atom. The summed E-state index contributed by atoms with van der Waals surface area (Å²) in [6.45, 7) is 6.36. The Morgan fingerprint density at radius 2 is 2.00 bits per heavy atom. The van der Waals surface area contributed by atoms with E-state index >= 15 is 0 Å². The van der Waals surface area contributed by atoms with E-state index in [0.717, 1.165) is 11.4 Å². The monoisotopic (exact) mass is 359 g/mol. The number of aryl methyl sites for hydroxylation is 2. The van der Waals surface area contributed by atoms with E-state index in [1.54, 1.807) is 25.2 Å². The van der Waals surface area contributed by atoms with Gasteiger partial charge in [0.15, 0.2) is 0 Å². The molecule has 0 saturated carbocycles. The standard InChI is InChI=1S/C18H25N5O3/c1-11-8-13(3)23(22-11)10-12(2)20-18(25)21-15-9-14(17(24)19-4)6-7-16(15)26-5/h6-9,12H,10H2,1-5H3,(H,19,24)(H2,20,21,25)/t12-/m1/s1. The Kier molecular flexibility index (Phi) is 6.21. The van der Waals surface area contributed by atoms with Crippen LogP contribution in [0.2, 0.25) is 0 Å². The molecule has 0 spiro atoms. The third kappa shape index (κ3) is 4.75. The van der Waals surface area contributed by atoms with E-state index in [1.807, 2.05) is 31.5 Å². The number of amides is 3. The minimum atomic E-state index is -0.383. The summed E-state index contributed by atoms with van der Waals surface area (Å²) >= 11 is 0. The van der Waals surface area contributed by atoms with Crippen LogP contribution in [0.4, 0.5) is 10.5 Å². The molecule has 0 bridgehead atoms. The van der Waals surface area contributed by atoms with Crippen molar-refractivity contribution in [3.8, 4) is 5.75 Å². The van der Waals surface area contributed by atoms with Crippen molar-refractivity contribution < 1.29 is 14.3 Å². The van der Waals surface area contributed by atoms with Gasteiger partial charge in [0.1, 0.15) is 5.75 Å². The largest absolute Gasteiger partial charge is 0.495 e. The fourth-order valence-electron chi connectivity index (χ4n) is 2.64. The Labute approximate surface area is 152 Å². The van der Waals surface area contributed by atoms with Crippen LogP contribution in [0.5, 0.6) is 5.75 Å². The number of hydrogen-bond acceptors (Lipinski definition) is 4. The summed E-state index contributed by atoms with van der Waals surface area (Å²) in [5.41, 5.74) is 2.83. The zero-order chi connectivity index (χ0) is 19.3. The molecule has 0 radical (unpaired) electrons. The molecule has 0 saturated heterocycles. The number of hydrogen-bond donors (Lipinski definition) is 3. The predicted octanol–water partition coefficient (Wildman–Crippen LogP) is 2.08. The number of carbonyl (C=O) groups excluding carboxylic acids is 2. The fourth-order valence-corrected chi connectivity index (χ4v) is 2.64. The maximum absolute atomic E-state index is 12.3. The van der Waals surface area contributed by atoms with Crippen LogP contribution in [-0.2, 0) is 6.54 Å². The molecule has 1 aromatic carbocycles. The van der Waals surface area contributed by atoms with E-state index in [2.05, 4.69) is 21.0 Å². The molecule has 1 heterocycles. The number of methoxy groups -OCH3 is 1. The average Bonchev–Trinajstić information content (AvgIpc) is 2.90. The zero-order valence-electron chi connectivity index (χ0n) is 15.7. The lowest BCUT2D eigenvalue weighted by molar-refractivity contribution is 0.0963. The number of urea groups is 1. The molecule has 140 valence electrons. The lowest BCUT2D eigenvalue weighted by Gasteiger charge is -2.17. The molecule has 0 aliphatic rings. The summed E-state index contributed by atoms with van der Waals surface area (Å²) in [6, 6.07) is 6.31. The van der Waals surface area contributed by atoms with E-state index in [4.69, 9.17) is 4.74 Å². The molecule has 2 rings (SSSR count). The highest BCUT2D eigenvalue weighted by Gasteiger charge is 2.14. The van der Waals surface area contributed by atoms with Crippen LogP contribution in [0.15, 0.2) is 24.3 Å². The van der Waals surface area contributed by atoms with Crippen LogP contribution < -0.4 is 20.7 Å². The van der Waals surface area contributed by atoms with Gasteiger partial charge in [-0.05, 0) is 45.0 Å². The lowest BCUT2D eigenvalue weighted by atomic mass is 10.1. The van der Waals surface area contributed by atoms with Crippen LogP contribution in [0.3, 0.4) is 0 Å². The Morgan fingerprint density at radius 1 is 1.27 bits per heavy atom. The summed E-state index contributed by atoms with van der Waals surface area (Å²) in [5, 5.41) is 12.5. The first kappa shape index (κ1) is 19.3.